The van der Waals surface area contributed by atoms with Crippen LogP contribution in [0.25, 0.3) is 0 Å². The molecule has 0 radical (unpaired) electrons. The number of amides is 1. The van der Waals surface area contributed by atoms with Crippen molar-refractivity contribution >= 4 is 23.5 Å². The number of carboxylic acid groups (broad SMARTS) is 2. The number of carboxylic acids is 2. The van der Waals surface area contributed by atoms with Crippen LogP contribution >= 0.6 is 0 Å². The van der Waals surface area contributed by atoms with Crippen LogP contribution in [0.4, 0.5) is 5.69 Å². The van der Waals surface area contributed by atoms with Crippen LogP contribution in [0.1, 0.15) is 27.1 Å². The van der Waals surface area contributed by atoms with Gasteiger partial charge in [0.25, 0.3) is 0 Å². The molecule has 1 aromatic rings. The van der Waals surface area contributed by atoms with Crippen molar-refractivity contribution < 1.29 is 24.6 Å². The third-order valence-electron chi connectivity index (χ3n) is 2.50. The molecule has 0 aliphatic carbocycles. The molecular weight excluding hydrogens is 264 g/mol. The highest BCUT2D eigenvalue weighted by molar-refractivity contribution is 5.98. The Kier molecular flexibility index (Phi) is 5.22. The van der Waals surface area contributed by atoms with Crippen molar-refractivity contribution in [1.82, 2.24) is 4.90 Å². The number of carbonyl (C=O) groups is 3. The van der Waals surface area contributed by atoms with Gasteiger partial charge in [-0.05, 0) is 32.3 Å². The van der Waals surface area contributed by atoms with E-state index in [2.05, 4.69) is 5.32 Å². The Balaban J connectivity index is 2.91. The molecule has 0 atom stereocenters. The molecule has 0 aromatic heterocycles. The molecule has 1 amide bonds. The zero-order chi connectivity index (χ0) is 15.3. The second kappa shape index (κ2) is 6.67. The number of rotatable bonds is 6. The maximum absolute atomic E-state index is 11.6. The number of nitrogens with zero attached hydrogens (tertiary/aromatic N) is 1. The van der Waals surface area contributed by atoms with Gasteiger partial charge in [0.2, 0.25) is 5.91 Å². The average Bonchev–Trinajstić information content (AvgIpc) is 2.35. The van der Waals surface area contributed by atoms with E-state index in [0.29, 0.717) is 6.54 Å². The number of benzene rings is 1. The van der Waals surface area contributed by atoms with Gasteiger partial charge in [0.1, 0.15) is 0 Å². The summed E-state index contributed by atoms with van der Waals surface area (Å²) in [6.45, 7) is 0.538. The van der Waals surface area contributed by atoms with Gasteiger partial charge in [-0.15, -0.1) is 0 Å². The van der Waals surface area contributed by atoms with Gasteiger partial charge in [0.15, 0.2) is 0 Å². The predicted octanol–water partition coefficient (Wildman–Crippen LogP) is 0.973. The molecule has 0 unspecified atom stereocenters. The minimum absolute atomic E-state index is 0.158. The molecule has 1 aromatic carbocycles. The number of hydrogen-bond donors (Lipinski definition) is 3. The van der Waals surface area contributed by atoms with E-state index in [0.717, 1.165) is 6.07 Å². The third-order valence-corrected chi connectivity index (χ3v) is 2.50. The van der Waals surface area contributed by atoms with E-state index in [4.69, 9.17) is 10.2 Å². The molecule has 108 valence electrons. The molecular formula is C13H16N2O5. The zero-order valence-electron chi connectivity index (χ0n) is 11.2. The molecule has 0 saturated carbocycles. The number of carbonyl (C=O) groups excluding carboxylic acids is 1. The Hall–Kier alpha value is -2.41. The lowest BCUT2D eigenvalue weighted by Crippen LogP contribution is -2.21. The zero-order valence-corrected chi connectivity index (χ0v) is 11.2. The Morgan fingerprint density at radius 2 is 1.55 bits per heavy atom. The number of aromatic carboxylic acids is 2. The van der Waals surface area contributed by atoms with Crippen LogP contribution in [-0.4, -0.2) is 53.6 Å². The van der Waals surface area contributed by atoms with Gasteiger partial charge in [-0.1, -0.05) is 0 Å². The first-order valence-electron chi connectivity index (χ1n) is 5.86. The maximum atomic E-state index is 11.6. The SMILES string of the molecule is CN(C)CCC(=O)Nc1cc(C(=O)O)cc(C(=O)O)c1. The first-order chi connectivity index (χ1) is 9.29. The summed E-state index contributed by atoms with van der Waals surface area (Å²) in [5, 5.41) is 20.3. The van der Waals surface area contributed by atoms with Crippen molar-refractivity contribution in [3.63, 3.8) is 0 Å². The first-order valence-corrected chi connectivity index (χ1v) is 5.86. The van der Waals surface area contributed by atoms with Crippen LogP contribution in [0.15, 0.2) is 18.2 Å². The van der Waals surface area contributed by atoms with Crippen molar-refractivity contribution in [3.05, 3.63) is 29.3 Å². The largest absolute Gasteiger partial charge is 0.478 e. The molecule has 0 fully saturated rings. The van der Waals surface area contributed by atoms with Crippen LogP contribution in [0.3, 0.4) is 0 Å². The molecule has 0 aliphatic rings. The van der Waals surface area contributed by atoms with Crippen molar-refractivity contribution in [2.24, 2.45) is 0 Å². The van der Waals surface area contributed by atoms with Crippen LogP contribution in [0, 0.1) is 0 Å². The molecule has 3 N–H and O–H groups in total. The lowest BCUT2D eigenvalue weighted by atomic mass is 10.1. The second-order valence-corrected chi connectivity index (χ2v) is 4.51. The highest BCUT2D eigenvalue weighted by atomic mass is 16.4. The van der Waals surface area contributed by atoms with Gasteiger partial charge < -0.3 is 20.4 Å². The monoisotopic (exact) mass is 280 g/mol. The summed E-state index contributed by atoms with van der Waals surface area (Å²) >= 11 is 0. The van der Waals surface area contributed by atoms with Gasteiger partial charge in [-0.25, -0.2) is 9.59 Å². The third kappa shape index (κ3) is 4.69. The Labute approximate surface area is 115 Å². The highest BCUT2D eigenvalue weighted by Crippen LogP contribution is 2.16. The van der Waals surface area contributed by atoms with E-state index >= 15 is 0 Å². The van der Waals surface area contributed by atoms with Crippen molar-refractivity contribution in [1.29, 1.82) is 0 Å². The maximum Gasteiger partial charge on any atom is 0.335 e. The van der Waals surface area contributed by atoms with E-state index in [9.17, 15) is 14.4 Å². The van der Waals surface area contributed by atoms with Crippen molar-refractivity contribution in [2.45, 2.75) is 6.42 Å². The van der Waals surface area contributed by atoms with Gasteiger partial charge in [0, 0.05) is 18.7 Å². The minimum Gasteiger partial charge on any atom is -0.478 e. The fourth-order valence-electron chi connectivity index (χ4n) is 1.50. The van der Waals surface area contributed by atoms with E-state index in [1.807, 2.05) is 19.0 Å². The second-order valence-electron chi connectivity index (χ2n) is 4.51. The van der Waals surface area contributed by atoms with Crippen molar-refractivity contribution in [3.8, 4) is 0 Å². The molecule has 0 spiro atoms. The summed E-state index contributed by atoms with van der Waals surface area (Å²) in [6, 6.07) is 3.49. The molecule has 7 nitrogen and oxygen atoms in total. The van der Waals surface area contributed by atoms with E-state index in [-0.39, 0.29) is 29.1 Å². The average molecular weight is 280 g/mol. The van der Waals surface area contributed by atoms with Crippen LogP contribution < -0.4 is 5.32 Å². The fourth-order valence-corrected chi connectivity index (χ4v) is 1.50. The highest BCUT2D eigenvalue weighted by Gasteiger charge is 2.12. The summed E-state index contributed by atoms with van der Waals surface area (Å²) in [7, 11) is 3.64. The van der Waals surface area contributed by atoms with E-state index in [1.54, 1.807) is 0 Å². The predicted molar refractivity (Wildman–Crippen MR) is 72.2 cm³/mol. The normalized spacial score (nSPS) is 10.3. The first kappa shape index (κ1) is 15.6. The van der Waals surface area contributed by atoms with Gasteiger partial charge in [-0.3, -0.25) is 4.79 Å². The molecule has 0 saturated heterocycles. The summed E-state index contributed by atoms with van der Waals surface area (Å²) < 4.78 is 0. The lowest BCUT2D eigenvalue weighted by Gasteiger charge is -2.10. The molecule has 20 heavy (non-hydrogen) atoms. The number of hydrogen-bond acceptors (Lipinski definition) is 4. The van der Waals surface area contributed by atoms with E-state index < -0.39 is 11.9 Å². The minimum atomic E-state index is -1.25. The molecule has 7 heteroatoms. The van der Waals surface area contributed by atoms with E-state index in [1.165, 1.54) is 12.1 Å². The smallest absolute Gasteiger partial charge is 0.335 e. The number of nitrogens with one attached hydrogen (secondary N) is 1. The Bertz CT molecular complexity index is 507. The van der Waals surface area contributed by atoms with Crippen LogP contribution in [0.2, 0.25) is 0 Å². The fraction of sp³-hybridized carbons (Fsp3) is 0.308. The quantitative estimate of drug-likeness (QED) is 0.717. The summed E-state index contributed by atoms with van der Waals surface area (Å²) in [6.07, 6.45) is 0.229. The van der Waals surface area contributed by atoms with Crippen LogP contribution in [-0.2, 0) is 4.79 Å². The Morgan fingerprint density at radius 3 is 1.95 bits per heavy atom. The molecule has 1 rings (SSSR count). The summed E-state index contributed by atoms with van der Waals surface area (Å²) in [4.78, 5) is 35.3. The van der Waals surface area contributed by atoms with Gasteiger partial charge >= 0.3 is 11.9 Å². The molecule has 0 aliphatic heterocycles. The standard InChI is InChI=1S/C13H16N2O5/c1-15(2)4-3-11(16)14-10-6-8(12(17)18)5-9(7-10)13(19)20/h5-7H,3-4H2,1-2H3,(H,14,16)(H,17,18)(H,19,20). The van der Waals surface area contributed by atoms with Crippen LogP contribution in [0.5, 0.6) is 0 Å². The Morgan fingerprint density at radius 1 is 1.05 bits per heavy atom. The summed E-state index contributed by atoms with van der Waals surface area (Å²) in [5.74, 6) is -2.81. The lowest BCUT2D eigenvalue weighted by molar-refractivity contribution is -0.116. The molecule has 0 bridgehead atoms. The molecule has 0 heterocycles. The topological polar surface area (TPSA) is 107 Å². The van der Waals surface area contributed by atoms with Crippen molar-refractivity contribution in [2.75, 3.05) is 26.0 Å². The number of anilines is 1. The van der Waals surface area contributed by atoms with Gasteiger partial charge in [-0.2, -0.15) is 0 Å². The summed E-state index contributed by atoms with van der Waals surface area (Å²) in [5.41, 5.74) is -0.216. The van der Waals surface area contributed by atoms with Gasteiger partial charge in [0.05, 0.1) is 11.1 Å².